The van der Waals surface area contributed by atoms with E-state index in [2.05, 4.69) is 22.6 Å². The third kappa shape index (κ3) is 1.28. The number of nitrogens with two attached hydrogens (primary N) is 4. The predicted octanol–water partition coefficient (Wildman–Crippen LogP) is 0.620. The van der Waals surface area contributed by atoms with Gasteiger partial charge in [-0.3, -0.25) is 0 Å². The molecule has 1 aromatic rings. The number of halogens is 1. The second-order valence-electron chi connectivity index (χ2n) is 2.19. The largest absolute Gasteiger partial charge is 0.397 e. The maximum Gasteiger partial charge on any atom is 0.0813 e. The topological polar surface area (TPSA) is 104 Å². The molecule has 0 aliphatic heterocycles. The minimum Gasteiger partial charge on any atom is -0.397 e. The summed E-state index contributed by atoms with van der Waals surface area (Å²) in [5.74, 6) is 0. The Kier molecular flexibility index (Phi) is 1.99. The maximum absolute atomic E-state index is 5.58. The third-order valence-electron chi connectivity index (χ3n) is 1.43. The molecule has 0 aliphatic rings. The second-order valence-corrected chi connectivity index (χ2v) is 3.35. The molecule has 1 aromatic carbocycles. The number of hydrogen-bond donors (Lipinski definition) is 4. The zero-order valence-corrected chi connectivity index (χ0v) is 7.92. The van der Waals surface area contributed by atoms with E-state index in [0.29, 0.717) is 22.7 Å². The molecule has 8 N–H and O–H groups in total. The third-order valence-corrected chi connectivity index (χ3v) is 2.32. The second kappa shape index (κ2) is 2.65. The Balaban J connectivity index is 3.46. The van der Waals surface area contributed by atoms with E-state index >= 15 is 0 Å². The first kappa shape index (κ1) is 8.25. The summed E-state index contributed by atoms with van der Waals surface area (Å²) in [6, 6.07) is 1.70. The van der Waals surface area contributed by atoms with Crippen LogP contribution in [0.4, 0.5) is 22.7 Å². The van der Waals surface area contributed by atoms with Gasteiger partial charge < -0.3 is 22.9 Å². The number of hydrogen-bond acceptors (Lipinski definition) is 4. The van der Waals surface area contributed by atoms with Crippen molar-refractivity contribution in [3.63, 3.8) is 0 Å². The van der Waals surface area contributed by atoms with E-state index in [0.717, 1.165) is 3.57 Å². The van der Waals surface area contributed by atoms with E-state index in [9.17, 15) is 0 Å². The fourth-order valence-corrected chi connectivity index (χ4v) is 1.35. The molecule has 0 bridgehead atoms. The lowest BCUT2D eigenvalue weighted by molar-refractivity contribution is 1.59. The van der Waals surface area contributed by atoms with Crippen LogP contribution in [-0.2, 0) is 0 Å². The summed E-state index contributed by atoms with van der Waals surface area (Å²) in [6.45, 7) is 0. The molecule has 0 aliphatic carbocycles. The van der Waals surface area contributed by atoms with Gasteiger partial charge in [0.2, 0.25) is 0 Å². The standard InChI is InChI=1S/C6H9IN4/c7-2-1-3(8)5(10)6(11)4(2)9/h1H,8-11H2. The van der Waals surface area contributed by atoms with Crippen LogP contribution in [0.15, 0.2) is 6.07 Å². The number of benzene rings is 1. The van der Waals surface area contributed by atoms with Crippen LogP contribution in [0.1, 0.15) is 0 Å². The predicted molar refractivity (Wildman–Crippen MR) is 56.8 cm³/mol. The molecule has 1 rings (SSSR count). The van der Waals surface area contributed by atoms with Gasteiger partial charge in [-0.25, -0.2) is 0 Å². The molecule has 11 heavy (non-hydrogen) atoms. The summed E-state index contributed by atoms with van der Waals surface area (Å²) in [5, 5.41) is 0. The van der Waals surface area contributed by atoms with E-state index in [1.165, 1.54) is 0 Å². The van der Waals surface area contributed by atoms with E-state index in [-0.39, 0.29) is 0 Å². The number of rotatable bonds is 0. The van der Waals surface area contributed by atoms with E-state index in [4.69, 9.17) is 22.9 Å². The molecule has 0 saturated carbocycles. The molecule has 4 nitrogen and oxygen atoms in total. The highest BCUT2D eigenvalue weighted by Crippen LogP contribution is 2.32. The van der Waals surface area contributed by atoms with Crippen LogP contribution in [0.3, 0.4) is 0 Å². The van der Waals surface area contributed by atoms with Crippen molar-refractivity contribution >= 4 is 45.3 Å². The van der Waals surface area contributed by atoms with Gasteiger partial charge in [0.15, 0.2) is 0 Å². The summed E-state index contributed by atoms with van der Waals surface area (Å²) in [5.41, 5.74) is 23.9. The molecule has 0 aromatic heterocycles. The highest BCUT2D eigenvalue weighted by atomic mass is 127. The van der Waals surface area contributed by atoms with Gasteiger partial charge in [0, 0.05) is 3.57 Å². The van der Waals surface area contributed by atoms with Gasteiger partial charge in [0.25, 0.3) is 0 Å². The molecule has 0 amide bonds. The van der Waals surface area contributed by atoms with Crippen LogP contribution >= 0.6 is 22.6 Å². The van der Waals surface area contributed by atoms with Crippen molar-refractivity contribution in [1.29, 1.82) is 0 Å². The van der Waals surface area contributed by atoms with Gasteiger partial charge in [0.05, 0.1) is 22.7 Å². The van der Waals surface area contributed by atoms with Crippen molar-refractivity contribution in [1.82, 2.24) is 0 Å². The molecule has 0 radical (unpaired) electrons. The van der Waals surface area contributed by atoms with Gasteiger partial charge in [-0.1, -0.05) is 0 Å². The zero-order valence-electron chi connectivity index (χ0n) is 5.76. The Hall–Kier alpha value is -0.850. The summed E-state index contributed by atoms with van der Waals surface area (Å²) in [4.78, 5) is 0. The van der Waals surface area contributed by atoms with Crippen molar-refractivity contribution in [2.45, 2.75) is 0 Å². The number of anilines is 4. The monoisotopic (exact) mass is 264 g/mol. The minimum absolute atomic E-state index is 0.364. The normalized spacial score (nSPS) is 9.91. The van der Waals surface area contributed by atoms with Crippen LogP contribution in [0, 0.1) is 3.57 Å². The Labute approximate surface area is 78.1 Å². The molecular formula is C6H9IN4. The fourth-order valence-electron chi connectivity index (χ4n) is 0.721. The lowest BCUT2D eigenvalue weighted by atomic mass is 10.2. The zero-order chi connectivity index (χ0) is 8.59. The van der Waals surface area contributed by atoms with Gasteiger partial charge in [-0.15, -0.1) is 0 Å². The molecule has 60 valence electrons. The summed E-state index contributed by atoms with van der Waals surface area (Å²) in [6.07, 6.45) is 0. The lowest BCUT2D eigenvalue weighted by Gasteiger charge is -2.08. The number of nitrogen functional groups attached to an aromatic ring is 4. The molecule has 0 heterocycles. The average Bonchev–Trinajstić information content (AvgIpc) is 1.97. The first-order valence-electron chi connectivity index (χ1n) is 2.92. The average molecular weight is 264 g/mol. The summed E-state index contributed by atoms with van der Waals surface area (Å²) >= 11 is 2.05. The fraction of sp³-hybridized carbons (Fsp3) is 0. The van der Waals surface area contributed by atoms with Gasteiger partial charge in [-0.2, -0.15) is 0 Å². The Morgan fingerprint density at radius 2 is 1.45 bits per heavy atom. The van der Waals surface area contributed by atoms with Gasteiger partial charge in [0.1, 0.15) is 0 Å². The van der Waals surface area contributed by atoms with Crippen molar-refractivity contribution in [2.24, 2.45) is 0 Å². The highest BCUT2D eigenvalue weighted by Gasteiger charge is 2.06. The molecule has 0 saturated heterocycles. The van der Waals surface area contributed by atoms with E-state index in [1.807, 2.05) is 0 Å². The van der Waals surface area contributed by atoms with Gasteiger partial charge in [-0.05, 0) is 28.7 Å². The highest BCUT2D eigenvalue weighted by molar-refractivity contribution is 14.1. The molecule has 0 spiro atoms. The summed E-state index contributed by atoms with van der Waals surface area (Å²) in [7, 11) is 0. The van der Waals surface area contributed by atoms with Crippen LogP contribution in [0.5, 0.6) is 0 Å². The summed E-state index contributed by atoms with van der Waals surface area (Å²) < 4.78 is 0.826. The smallest absolute Gasteiger partial charge is 0.0813 e. The van der Waals surface area contributed by atoms with Crippen LogP contribution in [-0.4, -0.2) is 0 Å². The van der Waals surface area contributed by atoms with E-state index in [1.54, 1.807) is 6.07 Å². The Morgan fingerprint density at radius 3 is 2.00 bits per heavy atom. The molecule has 0 atom stereocenters. The minimum atomic E-state index is 0.364. The van der Waals surface area contributed by atoms with Crippen LogP contribution in [0.2, 0.25) is 0 Å². The molecule has 5 heteroatoms. The Bertz CT molecular complexity index is 271. The quantitative estimate of drug-likeness (QED) is 0.407. The maximum atomic E-state index is 5.58. The van der Waals surface area contributed by atoms with Crippen LogP contribution < -0.4 is 22.9 Å². The van der Waals surface area contributed by atoms with Crippen molar-refractivity contribution < 1.29 is 0 Å². The Morgan fingerprint density at radius 1 is 0.909 bits per heavy atom. The van der Waals surface area contributed by atoms with Crippen molar-refractivity contribution in [2.75, 3.05) is 22.9 Å². The lowest BCUT2D eigenvalue weighted by Crippen LogP contribution is -2.05. The molecule has 0 unspecified atom stereocenters. The van der Waals surface area contributed by atoms with Crippen LogP contribution in [0.25, 0.3) is 0 Å². The van der Waals surface area contributed by atoms with E-state index < -0.39 is 0 Å². The molecule has 0 fully saturated rings. The van der Waals surface area contributed by atoms with Gasteiger partial charge >= 0.3 is 0 Å². The first-order chi connectivity index (χ1) is 5.04. The van der Waals surface area contributed by atoms with Crippen molar-refractivity contribution in [3.05, 3.63) is 9.64 Å². The van der Waals surface area contributed by atoms with Crippen molar-refractivity contribution in [3.8, 4) is 0 Å². The molecular weight excluding hydrogens is 255 g/mol. The first-order valence-corrected chi connectivity index (χ1v) is 4.00. The SMILES string of the molecule is Nc1cc(I)c(N)c(N)c1N.